The second-order valence-corrected chi connectivity index (χ2v) is 6.30. The summed E-state index contributed by atoms with van der Waals surface area (Å²) in [4.78, 5) is 0. The van der Waals surface area contributed by atoms with Crippen LogP contribution >= 0.6 is 0 Å². The summed E-state index contributed by atoms with van der Waals surface area (Å²) in [6.07, 6.45) is 14.2. The Kier molecular flexibility index (Phi) is 18.2. The zero-order valence-electron chi connectivity index (χ0n) is 18.2. The molecule has 0 aliphatic rings. The molecule has 0 aliphatic carbocycles. The smallest absolute Gasteiger partial charge is 0.313 e. The highest BCUT2D eigenvalue weighted by Crippen LogP contribution is 2.39. The van der Waals surface area contributed by atoms with Crippen LogP contribution in [0, 0.1) is 0 Å². The van der Waals surface area contributed by atoms with E-state index in [4.69, 9.17) is 18.9 Å². The molecule has 0 bridgehead atoms. The molecule has 0 saturated heterocycles. The van der Waals surface area contributed by atoms with E-state index >= 15 is 0 Å². The second kappa shape index (κ2) is 17.0. The van der Waals surface area contributed by atoms with E-state index in [9.17, 15) is 0 Å². The molecule has 4 nitrogen and oxygen atoms in total. The van der Waals surface area contributed by atoms with Gasteiger partial charge < -0.3 is 18.9 Å². The number of hydrogen-bond donors (Lipinski definition) is 0. The molecule has 25 heavy (non-hydrogen) atoms. The Bertz CT molecular complexity index is 288. The largest absolute Gasteiger partial charge is 0.370 e. The van der Waals surface area contributed by atoms with Gasteiger partial charge in [0.15, 0.2) is 0 Å². The number of unbranched alkanes of at least 4 members (excludes halogenated alkanes) is 5. The van der Waals surface area contributed by atoms with Crippen LogP contribution in [0.4, 0.5) is 0 Å². The van der Waals surface area contributed by atoms with Crippen molar-refractivity contribution in [2.24, 2.45) is 0 Å². The Labute approximate surface area is 157 Å². The lowest BCUT2D eigenvalue weighted by Crippen LogP contribution is -2.59. The SMILES string of the molecule is CC=CC.CCCCCCCCC(CCC)(OC)C(OC)(OC)OC. The summed E-state index contributed by atoms with van der Waals surface area (Å²) >= 11 is 0. The molecular formula is C21H44O4. The third-order valence-electron chi connectivity index (χ3n) is 4.68. The maximum atomic E-state index is 5.87. The summed E-state index contributed by atoms with van der Waals surface area (Å²) in [5.74, 6) is -1.14. The highest BCUT2D eigenvalue weighted by atomic mass is 16.9. The number of methoxy groups -OCH3 is 4. The van der Waals surface area contributed by atoms with Gasteiger partial charge in [-0.1, -0.05) is 70.9 Å². The van der Waals surface area contributed by atoms with E-state index in [1.54, 1.807) is 28.4 Å². The lowest BCUT2D eigenvalue weighted by atomic mass is 9.87. The van der Waals surface area contributed by atoms with E-state index in [0.717, 1.165) is 25.7 Å². The number of ether oxygens (including phenoxy) is 4. The first-order chi connectivity index (χ1) is 12.0. The van der Waals surface area contributed by atoms with Crippen LogP contribution in [0.1, 0.15) is 85.5 Å². The lowest BCUT2D eigenvalue weighted by Gasteiger charge is -2.45. The van der Waals surface area contributed by atoms with Gasteiger partial charge in [-0.05, 0) is 26.7 Å². The first kappa shape index (κ1) is 26.8. The maximum absolute atomic E-state index is 5.87. The fourth-order valence-electron chi connectivity index (χ4n) is 3.16. The van der Waals surface area contributed by atoms with Crippen molar-refractivity contribution in [3.8, 4) is 0 Å². The Hall–Kier alpha value is -0.420. The number of rotatable bonds is 14. The van der Waals surface area contributed by atoms with Crippen LogP contribution in [0.3, 0.4) is 0 Å². The average Bonchev–Trinajstić information content (AvgIpc) is 2.66. The van der Waals surface area contributed by atoms with Gasteiger partial charge in [-0.3, -0.25) is 0 Å². The van der Waals surface area contributed by atoms with E-state index in [-0.39, 0.29) is 0 Å². The van der Waals surface area contributed by atoms with Crippen LogP contribution in [0.2, 0.25) is 0 Å². The van der Waals surface area contributed by atoms with Gasteiger partial charge in [0.05, 0.1) is 0 Å². The average molecular weight is 361 g/mol. The van der Waals surface area contributed by atoms with Gasteiger partial charge in [-0.15, -0.1) is 0 Å². The van der Waals surface area contributed by atoms with Crippen LogP contribution in [0.25, 0.3) is 0 Å². The van der Waals surface area contributed by atoms with E-state index < -0.39 is 11.6 Å². The second-order valence-electron chi connectivity index (χ2n) is 6.30. The molecule has 0 fully saturated rings. The molecule has 0 aromatic rings. The van der Waals surface area contributed by atoms with Crippen molar-refractivity contribution in [1.82, 2.24) is 0 Å². The molecule has 0 heterocycles. The van der Waals surface area contributed by atoms with E-state index in [1.165, 1.54) is 32.1 Å². The molecule has 0 spiro atoms. The molecule has 1 atom stereocenters. The Morgan fingerprint density at radius 1 is 0.600 bits per heavy atom. The summed E-state index contributed by atoms with van der Waals surface area (Å²) in [5, 5.41) is 0. The molecule has 0 N–H and O–H groups in total. The van der Waals surface area contributed by atoms with Gasteiger partial charge in [-0.25, -0.2) is 0 Å². The van der Waals surface area contributed by atoms with Crippen molar-refractivity contribution in [2.45, 2.75) is 97.1 Å². The Morgan fingerprint density at radius 2 is 1.08 bits per heavy atom. The topological polar surface area (TPSA) is 36.9 Å². The van der Waals surface area contributed by atoms with Gasteiger partial charge in [0, 0.05) is 28.4 Å². The summed E-state index contributed by atoms with van der Waals surface area (Å²) < 4.78 is 22.6. The molecule has 0 aromatic carbocycles. The maximum Gasteiger partial charge on any atom is 0.313 e. The van der Waals surface area contributed by atoms with Gasteiger partial charge in [-0.2, -0.15) is 0 Å². The Morgan fingerprint density at radius 3 is 1.44 bits per heavy atom. The lowest BCUT2D eigenvalue weighted by molar-refractivity contribution is -0.425. The van der Waals surface area contributed by atoms with E-state index in [2.05, 4.69) is 13.8 Å². The van der Waals surface area contributed by atoms with Crippen molar-refractivity contribution >= 4 is 0 Å². The van der Waals surface area contributed by atoms with Crippen molar-refractivity contribution in [3.63, 3.8) is 0 Å². The molecule has 0 rings (SSSR count). The van der Waals surface area contributed by atoms with Crippen LogP contribution in [0.5, 0.6) is 0 Å². The normalized spacial score (nSPS) is 14.2. The first-order valence-corrected chi connectivity index (χ1v) is 9.81. The number of allylic oxidation sites excluding steroid dienone is 2. The highest BCUT2D eigenvalue weighted by molar-refractivity contribution is 4.90. The predicted octanol–water partition coefficient (Wildman–Crippen LogP) is 6.10. The number of hydrogen-bond acceptors (Lipinski definition) is 4. The Balaban J connectivity index is 0. The summed E-state index contributed by atoms with van der Waals surface area (Å²) in [5.41, 5.74) is -0.565. The third kappa shape index (κ3) is 9.18. The molecule has 0 radical (unpaired) electrons. The van der Waals surface area contributed by atoms with Crippen molar-refractivity contribution in [2.75, 3.05) is 28.4 Å². The van der Waals surface area contributed by atoms with Crippen LogP contribution in [0.15, 0.2) is 12.2 Å². The fraction of sp³-hybridized carbons (Fsp3) is 0.905. The molecule has 1 unspecified atom stereocenters. The quantitative estimate of drug-likeness (QED) is 0.213. The van der Waals surface area contributed by atoms with Crippen molar-refractivity contribution < 1.29 is 18.9 Å². The van der Waals surface area contributed by atoms with Crippen molar-refractivity contribution in [3.05, 3.63) is 12.2 Å². The monoisotopic (exact) mass is 360 g/mol. The minimum Gasteiger partial charge on any atom is -0.370 e. The molecule has 0 amide bonds. The van der Waals surface area contributed by atoms with Crippen LogP contribution in [-0.4, -0.2) is 40.0 Å². The van der Waals surface area contributed by atoms with Crippen LogP contribution in [-0.2, 0) is 18.9 Å². The third-order valence-corrected chi connectivity index (χ3v) is 4.68. The van der Waals surface area contributed by atoms with Crippen molar-refractivity contribution in [1.29, 1.82) is 0 Å². The molecule has 0 aliphatic heterocycles. The summed E-state index contributed by atoms with van der Waals surface area (Å²) in [6, 6.07) is 0. The predicted molar refractivity (Wildman–Crippen MR) is 107 cm³/mol. The van der Waals surface area contributed by atoms with Crippen LogP contribution < -0.4 is 0 Å². The minimum absolute atomic E-state index is 0.565. The van der Waals surface area contributed by atoms with Gasteiger partial charge in [0.1, 0.15) is 5.60 Å². The highest BCUT2D eigenvalue weighted by Gasteiger charge is 2.53. The summed E-state index contributed by atoms with van der Waals surface area (Å²) in [7, 11) is 6.55. The molecule has 0 aromatic heterocycles. The summed E-state index contributed by atoms with van der Waals surface area (Å²) in [6.45, 7) is 8.38. The van der Waals surface area contributed by atoms with Gasteiger partial charge in [0.25, 0.3) is 0 Å². The first-order valence-electron chi connectivity index (χ1n) is 9.81. The van der Waals surface area contributed by atoms with Gasteiger partial charge in [0.2, 0.25) is 0 Å². The fourth-order valence-corrected chi connectivity index (χ4v) is 3.16. The molecule has 152 valence electrons. The zero-order valence-corrected chi connectivity index (χ0v) is 18.2. The van der Waals surface area contributed by atoms with E-state index in [1.807, 2.05) is 26.0 Å². The standard InChI is InChI=1S/C17H36O4.C4H8/c1-7-9-10-11-12-13-15-16(18-3,14-8-2)17(19-4,20-5)21-6;1-3-4-2/h7-15H2,1-6H3;3-4H,1-2H3. The van der Waals surface area contributed by atoms with E-state index in [0.29, 0.717) is 0 Å². The molecule has 0 saturated carbocycles. The molecule has 4 heteroatoms. The zero-order chi connectivity index (χ0) is 19.6. The molecular weight excluding hydrogens is 316 g/mol. The van der Waals surface area contributed by atoms with Gasteiger partial charge >= 0.3 is 5.97 Å². The minimum atomic E-state index is -1.14.